The zero-order chi connectivity index (χ0) is 23.2. The first-order chi connectivity index (χ1) is 16.1. The molecule has 1 fully saturated rings. The van der Waals surface area contributed by atoms with Crippen molar-refractivity contribution in [2.24, 2.45) is 13.0 Å². The molecule has 2 aromatic carbocycles. The summed E-state index contributed by atoms with van der Waals surface area (Å²) in [7, 11) is 1.87. The van der Waals surface area contributed by atoms with E-state index in [0.29, 0.717) is 17.9 Å². The fourth-order valence-corrected chi connectivity index (χ4v) is 4.45. The molecule has 0 bridgehead atoms. The second-order valence-corrected chi connectivity index (χ2v) is 8.43. The summed E-state index contributed by atoms with van der Waals surface area (Å²) in [5, 5.41) is 16.4. The monoisotopic (exact) mass is 444 g/mol. The smallest absolute Gasteiger partial charge is 0.268 e. The van der Waals surface area contributed by atoms with E-state index in [1.807, 2.05) is 60.1 Å². The van der Waals surface area contributed by atoms with Crippen LogP contribution < -0.4 is 15.4 Å². The number of ether oxygens (including phenoxy) is 1. The molecule has 1 aliphatic carbocycles. The predicted octanol–water partition coefficient (Wildman–Crippen LogP) is 3.55. The van der Waals surface area contributed by atoms with Crippen molar-refractivity contribution in [2.75, 3.05) is 6.61 Å². The quantitative estimate of drug-likeness (QED) is 0.582. The van der Waals surface area contributed by atoms with Gasteiger partial charge in [-0.05, 0) is 37.1 Å². The molecule has 3 aromatic rings. The fourth-order valence-electron chi connectivity index (χ4n) is 4.45. The molecule has 2 amide bonds. The Morgan fingerprint density at radius 2 is 1.85 bits per heavy atom. The van der Waals surface area contributed by atoms with Crippen LogP contribution in [0.3, 0.4) is 0 Å². The number of carbonyl (C=O) groups excluding carboxylic acids is 2. The van der Waals surface area contributed by atoms with Crippen molar-refractivity contribution in [3.05, 3.63) is 66.4 Å². The molecule has 0 aliphatic heterocycles. The van der Waals surface area contributed by atoms with Gasteiger partial charge in [-0.1, -0.05) is 49.2 Å². The molecule has 7 nitrogen and oxygen atoms in total. The van der Waals surface area contributed by atoms with Gasteiger partial charge in [-0.2, -0.15) is 5.26 Å². The van der Waals surface area contributed by atoms with E-state index in [-0.39, 0.29) is 30.4 Å². The second-order valence-electron chi connectivity index (χ2n) is 8.43. The zero-order valence-electron chi connectivity index (χ0n) is 18.7. The van der Waals surface area contributed by atoms with E-state index in [0.717, 1.165) is 30.2 Å². The van der Waals surface area contributed by atoms with Gasteiger partial charge in [0.25, 0.3) is 5.91 Å². The molecule has 0 saturated heterocycles. The number of hydrogen-bond acceptors (Lipinski definition) is 4. The summed E-state index contributed by atoms with van der Waals surface area (Å²) in [4.78, 5) is 26.1. The third-order valence-electron chi connectivity index (χ3n) is 6.24. The molecule has 2 N–H and O–H groups in total. The summed E-state index contributed by atoms with van der Waals surface area (Å²) in [6, 6.07) is 19.9. The summed E-state index contributed by atoms with van der Waals surface area (Å²) in [6.45, 7) is 0.0614. The number of nitrogens with one attached hydrogen (secondary N) is 2. The van der Waals surface area contributed by atoms with Crippen LogP contribution in [0.1, 0.15) is 36.2 Å². The summed E-state index contributed by atoms with van der Waals surface area (Å²) >= 11 is 0. The number of para-hydroxylation sites is 2. The number of carbonyl (C=O) groups is 2. The molecule has 3 atom stereocenters. The number of aryl methyl sites for hydroxylation is 1. The van der Waals surface area contributed by atoms with E-state index in [1.54, 1.807) is 12.1 Å². The summed E-state index contributed by atoms with van der Waals surface area (Å²) < 4.78 is 7.50. The first-order valence-corrected chi connectivity index (χ1v) is 11.3. The van der Waals surface area contributed by atoms with Gasteiger partial charge in [0.1, 0.15) is 18.1 Å². The Morgan fingerprint density at radius 3 is 2.61 bits per heavy atom. The van der Waals surface area contributed by atoms with Crippen molar-refractivity contribution >= 4 is 22.7 Å². The van der Waals surface area contributed by atoms with Gasteiger partial charge < -0.3 is 19.9 Å². The van der Waals surface area contributed by atoms with Crippen molar-refractivity contribution in [1.82, 2.24) is 15.2 Å². The van der Waals surface area contributed by atoms with E-state index in [2.05, 4.69) is 16.7 Å². The molecule has 1 heterocycles. The number of nitrogens with zero attached hydrogens (tertiary/aromatic N) is 2. The first kappa shape index (κ1) is 22.4. The third-order valence-corrected chi connectivity index (χ3v) is 6.24. The van der Waals surface area contributed by atoms with E-state index in [9.17, 15) is 14.9 Å². The van der Waals surface area contributed by atoms with Crippen molar-refractivity contribution in [1.29, 1.82) is 5.26 Å². The van der Waals surface area contributed by atoms with Gasteiger partial charge in [0.15, 0.2) is 6.04 Å². The topological polar surface area (TPSA) is 96.2 Å². The highest BCUT2D eigenvalue weighted by Gasteiger charge is 2.33. The Hall–Kier alpha value is -3.79. The van der Waals surface area contributed by atoms with Crippen LogP contribution in [0.5, 0.6) is 5.75 Å². The maximum absolute atomic E-state index is 13.1. The molecule has 1 aromatic heterocycles. The van der Waals surface area contributed by atoms with Crippen LogP contribution in [0, 0.1) is 17.2 Å². The Kier molecular flexibility index (Phi) is 6.94. The lowest BCUT2D eigenvalue weighted by molar-refractivity contribution is -0.127. The highest BCUT2D eigenvalue weighted by Crippen LogP contribution is 2.26. The van der Waals surface area contributed by atoms with Crippen molar-refractivity contribution in [3.63, 3.8) is 0 Å². The van der Waals surface area contributed by atoms with E-state index >= 15 is 0 Å². The maximum Gasteiger partial charge on any atom is 0.268 e. The van der Waals surface area contributed by atoms with Gasteiger partial charge in [0.05, 0.1) is 12.0 Å². The standard InChI is InChI=1S/C26H28N4O3/c1-30-23-14-8-5-9-18(23)15-24(30)26(32)29-22-13-7-6-12-21(22)25(31)28-19(16-27)17-33-20-10-3-2-4-11-20/h2-5,8-11,14-15,19,21-22H,6-7,12-13,17H2,1H3,(H,28,31)(H,29,32)/t19?,21-,22+/m1/s1. The van der Waals surface area contributed by atoms with E-state index in [1.165, 1.54) is 0 Å². The van der Waals surface area contributed by atoms with Gasteiger partial charge in [0.2, 0.25) is 5.91 Å². The zero-order valence-corrected chi connectivity index (χ0v) is 18.7. The Labute approximate surface area is 193 Å². The molecule has 33 heavy (non-hydrogen) atoms. The number of rotatable bonds is 7. The molecule has 0 radical (unpaired) electrons. The van der Waals surface area contributed by atoms with Crippen molar-refractivity contribution in [3.8, 4) is 11.8 Å². The Morgan fingerprint density at radius 1 is 1.12 bits per heavy atom. The van der Waals surface area contributed by atoms with Gasteiger partial charge >= 0.3 is 0 Å². The van der Waals surface area contributed by atoms with Crippen LogP contribution in [0.2, 0.25) is 0 Å². The fraction of sp³-hybridized carbons (Fsp3) is 0.346. The van der Waals surface area contributed by atoms with Crippen LogP contribution in [-0.2, 0) is 11.8 Å². The third kappa shape index (κ3) is 5.17. The van der Waals surface area contributed by atoms with E-state index < -0.39 is 6.04 Å². The molecular formula is C26H28N4O3. The second kappa shape index (κ2) is 10.2. The number of benzene rings is 2. The first-order valence-electron chi connectivity index (χ1n) is 11.3. The molecular weight excluding hydrogens is 416 g/mol. The molecule has 1 saturated carbocycles. The van der Waals surface area contributed by atoms with Crippen LogP contribution >= 0.6 is 0 Å². The molecule has 1 aliphatic rings. The molecule has 0 spiro atoms. The molecule has 7 heteroatoms. The van der Waals surface area contributed by atoms with Crippen LogP contribution in [0.25, 0.3) is 10.9 Å². The Bertz CT molecular complexity index is 1170. The number of fused-ring (bicyclic) bond motifs is 1. The maximum atomic E-state index is 13.1. The minimum Gasteiger partial charge on any atom is -0.490 e. The van der Waals surface area contributed by atoms with Gasteiger partial charge in [-0.3, -0.25) is 9.59 Å². The van der Waals surface area contributed by atoms with Crippen molar-refractivity contribution in [2.45, 2.75) is 37.8 Å². The lowest BCUT2D eigenvalue weighted by Gasteiger charge is -2.31. The summed E-state index contributed by atoms with van der Waals surface area (Å²) in [6.07, 6.45) is 3.26. The van der Waals surface area contributed by atoms with E-state index in [4.69, 9.17) is 4.74 Å². The summed E-state index contributed by atoms with van der Waals surface area (Å²) in [5.41, 5.74) is 1.54. The number of aromatic nitrogens is 1. The molecule has 4 rings (SSSR count). The predicted molar refractivity (Wildman–Crippen MR) is 126 cm³/mol. The van der Waals surface area contributed by atoms with Gasteiger partial charge in [-0.25, -0.2) is 0 Å². The highest BCUT2D eigenvalue weighted by atomic mass is 16.5. The summed E-state index contributed by atoms with van der Waals surface area (Å²) in [5.74, 6) is -0.155. The number of amides is 2. The Balaban J connectivity index is 1.40. The normalized spacial score (nSPS) is 18.8. The number of hydrogen-bond donors (Lipinski definition) is 2. The SMILES string of the molecule is Cn1c(C(=O)N[C@H]2CCCC[C@H]2C(=O)NC(C#N)COc2ccccc2)cc2ccccc21. The molecule has 1 unspecified atom stereocenters. The lowest BCUT2D eigenvalue weighted by Crippen LogP contribution is -2.51. The van der Waals surface area contributed by atoms with Crippen LogP contribution in [0.4, 0.5) is 0 Å². The van der Waals surface area contributed by atoms with Gasteiger partial charge in [0, 0.05) is 24.0 Å². The van der Waals surface area contributed by atoms with Gasteiger partial charge in [-0.15, -0.1) is 0 Å². The lowest BCUT2D eigenvalue weighted by atomic mass is 9.83. The minimum absolute atomic E-state index is 0.0614. The van der Waals surface area contributed by atoms with Crippen molar-refractivity contribution < 1.29 is 14.3 Å². The average Bonchev–Trinajstić information content (AvgIpc) is 3.19. The number of nitriles is 1. The van der Waals surface area contributed by atoms with Crippen LogP contribution in [-0.4, -0.2) is 35.1 Å². The van der Waals surface area contributed by atoms with Crippen LogP contribution in [0.15, 0.2) is 60.7 Å². The highest BCUT2D eigenvalue weighted by molar-refractivity contribution is 5.99. The minimum atomic E-state index is -0.769. The largest absolute Gasteiger partial charge is 0.490 e. The molecule has 170 valence electrons. The average molecular weight is 445 g/mol.